The number of ketones is 1. The van der Waals surface area contributed by atoms with Crippen molar-refractivity contribution in [3.05, 3.63) is 12.7 Å². The fourth-order valence-corrected chi connectivity index (χ4v) is 2.32. The number of carbonyl (C=O) groups is 3. The summed E-state index contributed by atoms with van der Waals surface area (Å²) in [6, 6.07) is -0.0553. The first-order chi connectivity index (χ1) is 8.63. The summed E-state index contributed by atoms with van der Waals surface area (Å²) in [6.45, 7) is 5.11. The van der Waals surface area contributed by atoms with Crippen molar-refractivity contribution in [1.29, 1.82) is 0 Å². The van der Waals surface area contributed by atoms with Gasteiger partial charge in [0.2, 0.25) is 5.78 Å². The predicted molar refractivity (Wildman–Crippen MR) is 62.9 cm³/mol. The second-order valence-corrected chi connectivity index (χ2v) is 4.43. The maximum Gasteiger partial charge on any atom is 0.410 e. The molecule has 2 rings (SSSR count). The highest BCUT2D eigenvalue weighted by molar-refractivity contribution is 6.37. The standard InChI is InChI=1S/C12H16N2O4/c1-2-7-18-12(17)13-5-3-9(8-13)14-6-4-10(15)11(14)16/h2,9H,1,3-8H2/t9-/m1/s1. The molecule has 2 aliphatic heterocycles. The van der Waals surface area contributed by atoms with Crippen molar-refractivity contribution in [2.45, 2.75) is 18.9 Å². The van der Waals surface area contributed by atoms with E-state index in [0.717, 1.165) is 0 Å². The Kier molecular flexibility index (Phi) is 3.64. The minimum Gasteiger partial charge on any atom is -0.445 e. The highest BCUT2D eigenvalue weighted by Gasteiger charge is 2.38. The lowest BCUT2D eigenvalue weighted by Gasteiger charge is -2.23. The molecular formula is C12H16N2O4. The van der Waals surface area contributed by atoms with Crippen LogP contribution in [0.1, 0.15) is 12.8 Å². The predicted octanol–water partition coefficient (Wildman–Crippen LogP) is 0.185. The van der Waals surface area contributed by atoms with Crippen molar-refractivity contribution in [2.24, 2.45) is 0 Å². The van der Waals surface area contributed by atoms with Gasteiger partial charge in [0, 0.05) is 26.1 Å². The molecule has 18 heavy (non-hydrogen) atoms. The second kappa shape index (κ2) is 5.20. The van der Waals surface area contributed by atoms with Crippen LogP contribution in [-0.4, -0.2) is 59.9 Å². The molecule has 2 heterocycles. The van der Waals surface area contributed by atoms with Gasteiger partial charge in [-0.25, -0.2) is 4.79 Å². The zero-order valence-corrected chi connectivity index (χ0v) is 10.1. The lowest BCUT2D eigenvalue weighted by molar-refractivity contribution is -0.141. The number of amides is 2. The van der Waals surface area contributed by atoms with Gasteiger partial charge >= 0.3 is 6.09 Å². The van der Waals surface area contributed by atoms with Crippen molar-refractivity contribution in [3.8, 4) is 0 Å². The van der Waals surface area contributed by atoms with E-state index in [1.165, 1.54) is 6.08 Å². The molecule has 0 bridgehead atoms. The van der Waals surface area contributed by atoms with Crippen LogP contribution in [-0.2, 0) is 14.3 Å². The quantitative estimate of drug-likeness (QED) is 0.531. The third kappa shape index (κ3) is 2.37. The maximum absolute atomic E-state index is 11.6. The van der Waals surface area contributed by atoms with Crippen LogP contribution in [0.2, 0.25) is 0 Å². The molecule has 0 aromatic carbocycles. The normalized spacial score (nSPS) is 23.7. The summed E-state index contributed by atoms with van der Waals surface area (Å²) in [6.07, 6.45) is 2.10. The van der Waals surface area contributed by atoms with Crippen LogP contribution in [0.15, 0.2) is 12.7 Å². The summed E-state index contributed by atoms with van der Waals surface area (Å²) in [5.41, 5.74) is 0. The fraction of sp³-hybridized carbons (Fsp3) is 0.583. The Bertz CT molecular complexity index is 394. The van der Waals surface area contributed by atoms with E-state index in [2.05, 4.69) is 6.58 Å². The number of hydrogen-bond acceptors (Lipinski definition) is 4. The molecule has 0 aliphatic carbocycles. The Morgan fingerprint density at radius 3 is 2.83 bits per heavy atom. The molecule has 98 valence electrons. The van der Waals surface area contributed by atoms with E-state index in [9.17, 15) is 14.4 Å². The van der Waals surface area contributed by atoms with Crippen LogP contribution in [0.3, 0.4) is 0 Å². The van der Waals surface area contributed by atoms with Gasteiger partial charge in [0.15, 0.2) is 0 Å². The van der Waals surface area contributed by atoms with Gasteiger partial charge in [0.05, 0.1) is 6.04 Å². The van der Waals surface area contributed by atoms with Gasteiger partial charge < -0.3 is 14.5 Å². The van der Waals surface area contributed by atoms with Crippen LogP contribution < -0.4 is 0 Å². The summed E-state index contributed by atoms with van der Waals surface area (Å²) in [7, 11) is 0. The van der Waals surface area contributed by atoms with Gasteiger partial charge in [-0.3, -0.25) is 9.59 Å². The van der Waals surface area contributed by atoms with E-state index in [1.807, 2.05) is 0 Å². The Morgan fingerprint density at radius 1 is 1.44 bits per heavy atom. The van der Waals surface area contributed by atoms with Gasteiger partial charge in [-0.1, -0.05) is 12.7 Å². The number of likely N-dealkylation sites (tertiary alicyclic amines) is 2. The van der Waals surface area contributed by atoms with E-state index in [0.29, 0.717) is 26.1 Å². The van der Waals surface area contributed by atoms with Crippen LogP contribution in [0.4, 0.5) is 4.79 Å². The summed E-state index contributed by atoms with van der Waals surface area (Å²) in [5, 5.41) is 0. The molecule has 0 aromatic rings. The van der Waals surface area contributed by atoms with Crippen LogP contribution in [0, 0.1) is 0 Å². The molecule has 2 saturated heterocycles. The van der Waals surface area contributed by atoms with Gasteiger partial charge in [0.1, 0.15) is 6.61 Å². The van der Waals surface area contributed by atoms with Crippen molar-refractivity contribution in [2.75, 3.05) is 26.2 Å². The van der Waals surface area contributed by atoms with E-state index in [-0.39, 0.29) is 24.9 Å². The van der Waals surface area contributed by atoms with Crippen molar-refractivity contribution < 1.29 is 19.1 Å². The van der Waals surface area contributed by atoms with E-state index in [4.69, 9.17) is 4.74 Å². The minimum absolute atomic E-state index is 0.0553. The molecule has 0 spiro atoms. The Morgan fingerprint density at radius 2 is 2.22 bits per heavy atom. The summed E-state index contributed by atoms with van der Waals surface area (Å²) < 4.78 is 4.93. The van der Waals surface area contributed by atoms with E-state index in [1.54, 1.807) is 9.80 Å². The van der Waals surface area contributed by atoms with Gasteiger partial charge in [-0.05, 0) is 6.42 Å². The van der Waals surface area contributed by atoms with E-state index >= 15 is 0 Å². The number of carbonyl (C=O) groups excluding carboxylic acids is 3. The number of nitrogens with zero attached hydrogens (tertiary/aromatic N) is 2. The fourth-order valence-electron chi connectivity index (χ4n) is 2.32. The molecular weight excluding hydrogens is 236 g/mol. The lowest BCUT2D eigenvalue weighted by Crippen LogP contribution is -2.40. The molecule has 0 radical (unpaired) electrons. The monoisotopic (exact) mass is 252 g/mol. The molecule has 6 nitrogen and oxygen atoms in total. The number of ether oxygens (including phenoxy) is 1. The maximum atomic E-state index is 11.6. The average Bonchev–Trinajstić information content (AvgIpc) is 2.95. The zero-order valence-electron chi connectivity index (χ0n) is 10.1. The summed E-state index contributed by atoms with van der Waals surface area (Å²) >= 11 is 0. The number of hydrogen-bond donors (Lipinski definition) is 0. The van der Waals surface area contributed by atoms with Crippen molar-refractivity contribution in [1.82, 2.24) is 9.80 Å². The topological polar surface area (TPSA) is 66.9 Å². The molecule has 2 amide bonds. The van der Waals surface area contributed by atoms with Gasteiger partial charge in [-0.15, -0.1) is 0 Å². The van der Waals surface area contributed by atoms with E-state index < -0.39 is 12.0 Å². The summed E-state index contributed by atoms with van der Waals surface area (Å²) in [4.78, 5) is 37.5. The second-order valence-electron chi connectivity index (χ2n) is 4.43. The minimum atomic E-state index is -0.415. The van der Waals surface area contributed by atoms with Crippen LogP contribution >= 0.6 is 0 Å². The van der Waals surface area contributed by atoms with Crippen molar-refractivity contribution >= 4 is 17.8 Å². The average molecular weight is 252 g/mol. The molecule has 2 aliphatic rings. The number of Topliss-reactive ketones (excluding diaryl/α,β-unsaturated/α-hetero) is 1. The summed E-state index contributed by atoms with van der Waals surface area (Å²) in [5.74, 6) is -0.746. The lowest BCUT2D eigenvalue weighted by atomic mass is 10.2. The van der Waals surface area contributed by atoms with Gasteiger partial charge in [0.25, 0.3) is 5.91 Å². The first-order valence-corrected chi connectivity index (χ1v) is 6.00. The van der Waals surface area contributed by atoms with Gasteiger partial charge in [-0.2, -0.15) is 0 Å². The molecule has 0 aromatic heterocycles. The Labute approximate surface area is 105 Å². The molecule has 6 heteroatoms. The Hall–Kier alpha value is -1.85. The zero-order chi connectivity index (χ0) is 13.1. The highest BCUT2D eigenvalue weighted by Crippen LogP contribution is 2.20. The van der Waals surface area contributed by atoms with Crippen LogP contribution in [0.25, 0.3) is 0 Å². The molecule has 1 atom stereocenters. The molecule has 0 saturated carbocycles. The molecule has 2 fully saturated rings. The molecule has 0 N–H and O–H groups in total. The third-order valence-corrected chi connectivity index (χ3v) is 3.27. The largest absolute Gasteiger partial charge is 0.445 e. The first-order valence-electron chi connectivity index (χ1n) is 6.00. The molecule has 0 unspecified atom stereocenters. The smallest absolute Gasteiger partial charge is 0.410 e. The first kappa shape index (κ1) is 12.6. The highest BCUT2D eigenvalue weighted by atomic mass is 16.6. The third-order valence-electron chi connectivity index (χ3n) is 3.27. The van der Waals surface area contributed by atoms with Crippen molar-refractivity contribution in [3.63, 3.8) is 0 Å². The SMILES string of the molecule is C=CCOC(=O)N1CC[C@@H](N2CCC(=O)C2=O)C1. The Balaban J connectivity index is 1.88. The number of rotatable bonds is 3. The van der Waals surface area contributed by atoms with Crippen LogP contribution in [0.5, 0.6) is 0 Å².